The topological polar surface area (TPSA) is 113 Å². The summed E-state index contributed by atoms with van der Waals surface area (Å²) in [5, 5.41) is 19.7. The van der Waals surface area contributed by atoms with E-state index in [9.17, 15) is 10.5 Å². The van der Waals surface area contributed by atoms with Crippen molar-refractivity contribution in [2.24, 2.45) is 0 Å². The lowest BCUT2D eigenvalue weighted by Crippen LogP contribution is -2.03. The first-order valence-electron chi connectivity index (χ1n) is 7.36. The van der Waals surface area contributed by atoms with Gasteiger partial charge in [0.05, 0.1) is 5.56 Å². The van der Waals surface area contributed by atoms with Gasteiger partial charge in [-0.15, -0.1) is 0 Å². The summed E-state index contributed by atoms with van der Waals surface area (Å²) in [6, 6.07) is 20.8. The molecule has 1 aromatic heterocycles. The summed E-state index contributed by atoms with van der Waals surface area (Å²) in [7, 11) is 0. The molecule has 4 N–H and O–H groups in total. The summed E-state index contributed by atoms with van der Waals surface area (Å²) in [4.78, 5) is 5.12. The Morgan fingerprint density at radius 3 is 2.24 bits per heavy atom. The maximum atomic E-state index is 9.73. The van der Waals surface area contributed by atoms with Gasteiger partial charge in [-0.2, -0.15) is 10.5 Å². The molecule has 0 aliphatic carbocycles. The average Bonchev–Trinajstić information content (AvgIpc) is 2.62. The molecule has 0 spiro atoms. The maximum Gasteiger partial charge on any atom is 0.143 e. The molecule has 0 bridgehead atoms. The summed E-state index contributed by atoms with van der Waals surface area (Å²) in [5.74, 6) is 0.103. The van der Waals surface area contributed by atoms with E-state index in [1.807, 2.05) is 42.5 Å². The molecule has 0 radical (unpaired) electrons. The smallest absolute Gasteiger partial charge is 0.143 e. The van der Waals surface area contributed by atoms with Crippen molar-refractivity contribution in [3.05, 3.63) is 65.7 Å². The molecular weight excluding hydrogens is 330 g/mol. The number of nitriles is 2. The summed E-state index contributed by atoms with van der Waals surface area (Å²) in [5.41, 5.74) is 14.2. The monoisotopic (exact) mass is 343 g/mol. The third-order valence-electron chi connectivity index (χ3n) is 3.55. The Balaban J connectivity index is 2.23. The molecule has 1 heterocycles. The molecule has 0 aliphatic rings. The number of rotatable bonds is 3. The van der Waals surface area contributed by atoms with Crippen LogP contribution in [0.2, 0.25) is 0 Å². The number of benzene rings is 2. The maximum absolute atomic E-state index is 9.73. The minimum Gasteiger partial charge on any atom is -0.399 e. The molecule has 5 nitrogen and oxygen atoms in total. The lowest BCUT2D eigenvalue weighted by atomic mass is 9.97. The van der Waals surface area contributed by atoms with Crippen LogP contribution in [0.15, 0.2) is 64.5 Å². The zero-order chi connectivity index (χ0) is 17.8. The van der Waals surface area contributed by atoms with E-state index in [4.69, 9.17) is 11.5 Å². The van der Waals surface area contributed by atoms with Gasteiger partial charge in [-0.3, -0.25) is 0 Å². The van der Waals surface area contributed by atoms with Gasteiger partial charge in [0.2, 0.25) is 0 Å². The molecule has 0 aliphatic heterocycles. The third-order valence-corrected chi connectivity index (χ3v) is 4.53. The highest BCUT2D eigenvalue weighted by Gasteiger charge is 2.20. The highest BCUT2D eigenvalue weighted by molar-refractivity contribution is 7.99. The number of hydrogen-bond donors (Lipinski definition) is 2. The van der Waals surface area contributed by atoms with Gasteiger partial charge in [-0.1, -0.05) is 48.2 Å². The first-order chi connectivity index (χ1) is 12.1. The number of nitrogen functional groups attached to an aromatic ring is 2. The van der Waals surface area contributed by atoms with Crippen molar-refractivity contribution in [1.29, 1.82) is 10.5 Å². The fourth-order valence-corrected chi connectivity index (χ4v) is 3.41. The predicted molar refractivity (Wildman–Crippen MR) is 98.5 cm³/mol. The molecule has 120 valence electrons. The van der Waals surface area contributed by atoms with Crippen molar-refractivity contribution in [1.82, 2.24) is 4.98 Å². The number of pyridine rings is 1. The van der Waals surface area contributed by atoms with Gasteiger partial charge in [0.25, 0.3) is 0 Å². The van der Waals surface area contributed by atoms with E-state index in [1.54, 1.807) is 12.1 Å². The normalized spacial score (nSPS) is 10.0. The average molecular weight is 343 g/mol. The van der Waals surface area contributed by atoms with Gasteiger partial charge < -0.3 is 11.5 Å². The van der Waals surface area contributed by atoms with Crippen LogP contribution >= 0.6 is 11.8 Å². The first-order valence-corrected chi connectivity index (χ1v) is 8.18. The number of nitrogens with two attached hydrogens (primary N) is 2. The van der Waals surface area contributed by atoms with Crippen LogP contribution in [0, 0.1) is 22.7 Å². The van der Waals surface area contributed by atoms with Gasteiger partial charge in [0, 0.05) is 16.1 Å². The zero-order valence-corrected chi connectivity index (χ0v) is 13.9. The van der Waals surface area contributed by atoms with E-state index in [2.05, 4.69) is 17.1 Å². The Morgan fingerprint density at radius 2 is 1.60 bits per heavy atom. The molecule has 3 aromatic rings. The summed E-state index contributed by atoms with van der Waals surface area (Å²) in [6.45, 7) is 0. The van der Waals surface area contributed by atoms with Crippen molar-refractivity contribution < 1.29 is 0 Å². The SMILES string of the molecule is N#Cc1c(N)nc(Sc2cccc(N)c2)c(C#N)c1-c1ccccc1. The largest absolute Gasteiger partial charge is 0.399 e. The Morgan fingerprint density at radius 1 is 0.880 bits per heavy atom. The van der Waals surface area contributed by atoms with E-state index in [0.717, 1.165) is 10.5 Å². The van der Waals surface area contributed by atoms with Crippen LogP contribution in [-0.2, 0) is 0 Å². The quantitative estimate of drug-likeness (QED) is 0.699. The molecule has 3 rings (SSSR count). The van der Waals surface area contributed by atoms with E-state index in [-0.39, 0.29) is 11.4 Å². The first kappa shape index (κ1) is 16.4. The second-order valence-electron chi connectivity index (χ2n) is 5.19. The molecule has 0 unspecified atom stereocenters. The molecule has 0 atom stereocenters. The second-order valence-corrected chi connectivity index (χ2v) is 6.25. The summed E-state index contributed by atoms with van der Waals surface area (Å²) in [6.07, 6.45) is 0. The van der Waals surface area contributed by atoms with E-state index >= 15 is 0 Å². The molecule has 0 fully saturated rings. The lowest BCUT2D eigenvalue weighted by Gasteiger charge is -2.13. The molecule has 6 heteroatoms. The summed E-state index contributed by atoms with van der Waals surface area (Å²) >= 11 is 1.29. The van der Waals surface area contributed by atoms with Gasteiger partial charge in [-0.05, 0) is 23.8 Å². The molecule has 25 heavy (non-hydrogen) atoms. The molecule has 0 amide bonds. The van der Waals surface area contributed by atoms with Gasteiger partial charge in [-0.25, -0.2) is 4.98 Å². The Bertz CT molecular complexity index is 1020. The Labute approximate surface area is 149 Å². The fraction of sp³-hybridized carbons (Fsp3) is 0. The van der Waals surface area contributed by atoms with Crippen LogP contribution < -0.4 is 11.5 Å². The van der Waals surface area contributed by atoms with Crippen LogP contribution in [0.3, 0.4) is 0 Å². The minimum atomic E-state index is 0.103. The number of nitrogens with zero attached hydrogens (tertiary/aromatic N) is 3. The standard InChI is InChI=1S/C19H13N5S/c20-10-15-17(12-5-2-1-3-6-12)16(11-21)19(24-18(15)23)25-14-8-4-7-13(22)9-14/h1-9H,22H2,(H2,23,24). The van der Waals surface area contributed by atoms with Crippen LogP contribution in [0.1, 0.15) is 11.1 Å². The molecule has 0 saturated carbocycles. The number of anilines is 2. The van der Waals surface area contributed by atoms with Crippen LogP contribution in [0.5, 0.6) is 0 Å². The Hall–Kier alpha value is -3.48. The summed E-state index contributed by atoms with van der Waals surface area (Å²) < 4.78 is 0. The third kappa shape index (κ3) is 3.25. The van der Waals surface area contributed by atoms with E-state index in [1.165, 1.54) is 11.8 Å². The second kappa shape index (κ2) is 6.96. The zero-order valence-electron chi connectivity index (χ0n) is 13.1. The van der Waals surface area contributed by atoms with Crippen molar-refractivity contribution in [3.8, 4) is 23.3 Å². The molecule has 0 saturated heterocycles. The molecular formula is C19H13N5S. The minimum absolute atomic E-state index is 0.103. The van der Waals surface area contributed by atoms with E-state index in [0.29, 0.717) is 21.8 Å². The van der Waals surface area contributed by atoms with E-state index < -0.39 is 0 Å². The Kier molecular flexibility index (Phi) is 4.56. The van der Waals surface area contributed by atoms with Crippen molar-refractivity contribution in [3.63, 3.8) is 0 Å². The van der Waals surface area contributed by atoms with Crippen LogP contribution in [0.4, 0.5) is 11.5 Å². The predicted octanol–water partition coefficient (Wildman–Crippen LogP) is 3.81. The van der Waals surface area contributed by atoms with Crippen molar-refractivity contribution >= 4 is 23.3 Å². The van der Waals surface area contributed by atoms with Crippen LogP contribution in [0.25, 0.3) is 11.1 Å². The fourth-order valence-electron chi connectivity index (χ4n) is 2.46. The highest BCUT2D eigenvalue weighted by Crippen LogP contribution is 2.38. The van der Waals surface area contributed by atoms with Gasteiger partial charge >= 0.3 is 0 Å². The number of hydrogen-bond acceptors (Lipinski definition) is 6. The van der Waals surface area contributed by atoms with Gasteiger partial charge in [0.1, 0.15) is 28.5 Å². The van der Waals surface area contributed by atoms with Crippen molar-refractivity contribution in [2.75, 3.05) is 11.5 Å². The lowest BCUT2D eigenvalue weighted by molar-refractivity contribution is 1.11. The van der Waals surface area contributed by atoms with Crippen LogP contribution in [-0.4, -0.2) is 4.98 Å². The van der Waals surface area contributed by atoms with Crippen molar-refractivity contribution in [2.45, 2.75) is 9.92 Å². The number of aromatic nitrogens is 1. The highest BCUT2D eigenvalue weighted by atomic mass is 32.2. The van der Waals surface area contributed by atoms with Gasteiger partial charge in [0.15, 0.2) is 0 Å². The molecule has 2 aromatic carbocycles.